The first kappa shape index (κ1) is 24.5. The van der Waals surface area contributed by atoms with E-state index in [1.165, 1.54) is 23.4 Å². The highest BCUT2D eigenvalue weighted by Gasteiger charge is 2.17. The maximum Gasteiger partial charge on any atom is 0.230 e. The number of carbonyl (C=O) groups excluding carboxylic acids is 1. The fourth-order valence-electron chi connectivity index (χ4n) is 3.57. The van der Waals surface area contributed by atoms with Gasteiger partial charge in [-0.25, -0.2) is 4.39 Å². The lowest BCUT2D eigenvalue weighted by Gasteiger charge is -2.14. The second-order valence-electron chi connectivity index (χ2n) is 8.07. The molecular formula is C27H27FN4O2S. The van der Waals surface area contributed by atoms with Crippen molar-refractivity contribution < 1.29 is 13.9 Å². The zero-order chi connectivity index (χ0) is 24.5. The Balaban J connectivity index is 1.38. The van der Waals surface area contributed by atoms with Crippen LogP contribution in [-0.4, -0.2) is 32.5 Å². The van der Waals surface area contributed by atoms with Crippen LogP contribution in [0.5, 0.6) is 5.75 Å². The molecule has 0 radical (unpaired) electrons. The summed E-state index contributed by atoms with van der Waals surface area (Å²) in [4.78, 5) is 12.6. The SMILES string of the molecule is CC(CCc1ccccc1)NC(=O)CSc1nnc(COc2ccccc2F)n1-c1ccccc1. The van der Waals surface area contributed by atoms with E-state index < -0.39 is 5.82 Å². The third-order valence-electron chi connectivity index (χ3n) is 5.36. The van der Waals surface area contributed by atoms with Crippen LogP contribution in [-0.2, 0) is 17.8 Å². The first-order chi connectivity index (χ1) is 17.1. The van der Waals surface area contributed by atoms with Gasteiger partial charge in [-0.15, -0.1) is 10.2 Å². The first-order valence-electron chi connectivity index (χ1n) is 11.4. The van der Waals surface area contributed by atoms with Gasteiger partial charge in [0.2, 0.25) is 5.91 Å². The lowest BCUT2D eigenvalue weighted by Crippen LogP contribution is -2.34. The van der Waals surface area contributed by atoms with Crippen LogP contribution in [0.15, 0.2) is 90.1 Å². The Morgan fingerprint density at radius 2 is 1.69 bits per heavy atom. The van der Waals surface area contributed by atoms with Crippen molar-refractivity contribution in [2.45, 2.75) is 37.6 Å². The number of halogens is 1. The molecule has 0 aliphatic rings. The fourth-order valence-corrected chi connectivity index (χ4v) is 4.36. The average molecular weight is 491 g/mol. The van der Waals surface area contributed by atoms with Gasteiger partial charge < -0.3 is 10.1 Å². The quantitative estimate of drug-likeness (QED) is 0.292. The number of aryl methyl sites for hydroxylation is 1. The molecule has 4 aromatic rings. The molecule has 0 bridgehead atoms. The zero-order valence-electron chi connectivity index (χ0n) is 19.4. The Morgan fingerprint density at radius 3 is 2.43 bits per heavy atom. The summed E-state index contributed by atoms with van der Waals surface area (Å²) in [5.74, 6) is 0.356. The molecule has 4 rings (SSSR count). The monoisotopic (exact) mass is 490 g/mol. The number of aromatic nitrogens is 3. The van der Waals surface area contributed by atoms with Crippen molar-refractivity contribution in [2.75, 3.05) is 5.75 Å². The second-order valence-corrected chi connectivity index (χ2v) is 9.01. The topological polar surface area (TPSA) is 69.0 Å². The van der Waals surface area contributed by atoms with Gasteiger partial charge >= 0.3 is 0 Å². The molecule has 3 aromatic carbocycles. The van der Waals surface area contributed by atoms with Gasteiger partial charge in [0.1, 0.15) is 6.61 Å². The highest BCUT2D eigenvalue weighted by Crippen LogP contribution is 2.24. The minimum Gasteiger partial charge on any atom is -0.483 e. The number of rotatable bonds is 11. The second kappa shape index (κ2) is 12.2. The number of thioether (sulfide) groups is 1. The Labute approximate surface area is 208 Å². The van der Waals surface area contributed by atoms with E-state index in [4.69, 9.17) is 4.74 Å². The molecule has 0 saturated carbocycles. The third kappa shape index (κ3) is 6.93. The van der Waals surface area contributed by atoms with E-state index in [-0.39, 0.29) is 30.1 Å². The average Bonchev–Trinajstić information content (AvgIpc) is 3.29. The van der Waals surface area contributed by atoms with E-state index in [2.05, 4.69) is 27.6 Å². The lowest BCUT2D eigenvalue weighted by molar-refractivity contribution is -0.119. The Morgan fingerprint density at radius 1 is 1.00 bits per heavy atom. The minimum atomic E-state index is -0.439. The highest BCUT2D eigenvalue weighted by molar-refractivity contribution is 7.99. The fraction of sp³-hybridized carbons (Fsp3) is 0.222. The summed E-state index contributed by atoms with van der Waals surface area (Å²) in [5.41, 5.74) is 2.09. The molecule has 1 atom stereocenters. The number of nitrogens with zero attached hydrogens (tertiary/aromatic N) is 3. The normalized spacial score (nSPS) is 11.7. The molecule has 0 fully saturated rings. The Hall–Kier alpha value is -3.65. The molecule has 0 aliphatic carbocycles. The van der Waals surface area contributed by atoms with Crippen LogP contribution in [0.1, 0.15) is 24.7 Å². The molecule has 35 heavy (non-hydrogen) atoms. The molecule has 6 nitrogen and oxygen atoms in total. The molecule has 1 unspecified atom stereocenters. The summed E-state index contributed by atoms with van der Waals surface area (Å²) in [6.07, 6.45) is 1.77. The van der Waals surface area contributed by atoms with Crippen molar-refractivity contribution in [1.29, 1.82) is 0 Å². The number of benzene rings is 3. The van der Waals surface area contributed by atoms with Gasteiger partial charge in [-0.05, 0) is 49.6 Å². The summed E-state index contributed by atoms with van der Waals surface area (Å²) in [5, 5.41) is 12.1. The molecular weight excluding hydrogens is 463 g/mol. The van der Waals surface area contributed by atoms with Crippen LogP contribution in [0.4, 0.5) is 4.39 Å². The van der Waals surface area contributed by atoms with Gasteiger partial charge in [0.25, 0.3) is 0 Å². The molecule has 180 valence electrons. The molecule has 0 aliphatic heterocycles. The highest BCUT2D eigenvalue weighted by atomic mass is 32.2. The van der Waals surface area contributed by atoms with Crippen molar-refractivity contribution in [1.82, 2.24) is 20.1 Å². The van der Waals surface area contributed by atoms with Crippen LogP contribution >= 0.6 is 11.8 Å². The summed E-state index contributed by atoms with van der Waals surface area (Å²) in [6, 6.07) is 26.1. The van der Waals surface area contributed by atoms with Crippen molar-refractivity contribution in [3.05, 3.63) is 102 Å². The maximum absolute atomic E-state index is 14.0. The van der Waals surface area contributed by atoms with Gasteiger partial charge in [0.05, 0.1) is 5.75 Å². The summed E-state index contributed by atoms with van der Waals surface area (Å²) >= 11 is 1.30. The standard InChI is InChI=1S/C27H27FN4O2S/c1-20(16-17-21-10-4-2-5-11-21)29-26(33)19-35-27-31-30-25(32(27)22-12-6-3-7-13-22)18-34-24-15-9-8-14-23(24)28/h2-15,20H,16-19H2,1H3,(H,29,33). The van der Waals surface area contributed by atoms with Crippen LogP contribution in [0.25, 0.3) is 5.69 Å². The van der Waals surface area contributed by atoms with Gasteiger partial charge in [-0.2, -0.15) is 0 Å². The lowest BCUT2D eigenvalue weighted by atomic mass is 10.1. The molecule has 1 amide bonds. The van der Waals surface area contributed by atoms with Crippen molar-refractivity contribution in [2.24, 2.45) is 0 Å². The number of ether oxygens (including phenoxy) is 1. The molecule has 1 heterocycles. The predicted molar refractivity (Wildman–Crippen MR) is 135 cm³/mol. The molecule has 0 saturated heterocycles. The Kier molecular flexibility index (Phi) is 8.51. The number of para-hydroxylation sites is 2. The molecule has 0 spiro atoms. The zero-order valence-corrected chi connectivity index (χ0v) is 20.2. The predicted octanol–water partition coefficient (Wildman–Crippen LogP) is 5.22. The number of carbonyl (C=O) groups is 1. The van der Waals surface area contributed by atoms with E-state index in [0.717, 1.165) is 18.5 Å². The van der Waals surface area contributed by atoms with E-state index >= 15 is 0 Å². The summed E-state index contributed by atoms with van der Waals surface area (Å²) < 4.78 is 21.5. The number of amides is 1. The van der Waals surface area contributed by atoms with Crippen LogP contribution < -0.4 is 10.1 Å². The van der Waals surface area contributed by atoms with E-state index in [1.807, 2.05) is 60.0 Å². The minimum absolute atomic E-state index is 0.0338. The Bertz CT molecular complexity index is 1230. The third-order valence-corrected chi connectivity index (χ3v) is 6.29. The number of hydrogen-bond donors (Lipinski definition) is 1. The van der Waals surface area contributed by atoms with Crippen LogP contribution in [0.2, 0.25) is 0 Å². The first-order valence-corrected chi connectivity index (χ1v) is 12.4. The largest absolute Gasteiger partial charge is 0.483 e. The van der Waals surface area contributed by atoms with Gasteiger partial charge in [-0.1, -0.05) is 72.4 Å². The van der Waals surface area contributed by atoms with Crippen molar-refractivity contribution >= 4 is 17.7 Å². The maximum atomic E-state index is 14.0. The summed E-state index contributed by atoms with van der Waals surface area (Å²) in [7, 11) is 0. The smallest absolute Gasteiger partial charge is 0.230 e. The van der Waals surface area contributed by atoms with E-state index in [9.17, 15) is 9.18 Å². The van der Waals surface area contributed by atoms with E-state index in [0.29, 0.717) is 11.0 Å². The van der Waals surface area contributed by atoms with Crippen molar-refractivity contribution in [3.63, 3.8) is 0 Å². The van der Waals surface area contributed by atoms with Gasteiger partial charge in [-0.3, -0.25) is 9.36 Å². The summed E-state index contributed by atoms with van der Waals surface area (Å²) in [6.45, 7) is 2.04. The molecule has 1 N–H and O–H groups in total. The van der Waals surface area contributed by atoms with E-state index in [1.54, 1.807) is 18.2 Å². The molecule has 8 heteroatoms. The van der Waals surface area contributed by atoms with Crippen LogP contribution in [0, 0.1) is 5.82 Å². The molecule has 1 aromatic heterocycles. The van der Waals surface area contributed by atoms with Gasteiger partial charge in [0.15, 0.2) is 22.5 Å². The number of hydrogen-bond acceptors (Lipinski definition) is 5. The van der Waals surface area contributed by atoms with Crippen LogP contribution in [0.3, 0.4) is 0 Å². The van der Waals surface area contributed by atoms with Crippen molar-refractivity contribution in [3.8, 4) is 11.4 Å². The number of nitrogens with one attached hydrogen (secondary N) is 1. The van der Waals surface area contributed by atoms with Gasteiger partial charge in [0, 0.05) is 11.7 Å².